The Hall–Kier alpha value is -2.50. The summed E-state index contributed by atoms with van der Waals surface area (Å²) < 4.78 is 13.3. The van der Waals surface area contributed by atoms with Crippen molar-refractivity contribution in [3.05, 3.63) is 46.8 Å². The molecule has 0 N–H and O–H groups in total. The van der Waals surface area contributed by atoms with Crippen LogP contribution < -0.4 is 0 Å². The Morgan fingerprint density at radius 2 is 1.93 bits per heavy atom. The molecule has 0 aromatic heterocycles. The van der Waals surface area contributed by atoms with E-state index in [-0.39, 0.29) is 29.5 Å². The number of imide groups is 1. The van der Waals surface area contributed by atoms with Crippen LogP contribution in [-0.2, 0) is 4.79 Å². The molecule has 0 bridgehead atoms. The Bertz CT molecular complexity index is 848. The van der Waals surface area contributed by atoms with Gasteiger partial charge in [0.15, 0.2) is 0 Å². The molecule has 0 saturated carbocycles. The molecule has 0 spiro atoms. The molecule has 0 radical (unpaired) electrons. The fraction of sp³-hybridized carbons (Fsp3) is 0.500. The average Bonchev–Trinajstić information content (AvgIpc) is 2.94. The predicted octanol–water partition coefficient (Wildman–Crippen LogP) is 3.55. The zero-order valence-corrected chi connectivity index (χ0v) is 16.0. The Kier molecular flexibility index (Phi) is 5.29. The Morgan fingerprint density at radius 1 is 1.11 bits per heavy atom. The molecule has 1 unspecified atom stereocenters. The number of carbonyl (C=O) groups excluding carboxylic acids is 3. The topological polar surface area (TPSA) is 57.7 Å². The molecule has 4 rings (SSSR count). The summed E-state index contributed by atoms with van der Waals surface area (Å²) in [6.45, 7) is 1.84. The summed E-state index contributed by atoms with van der Waals surface area (Å²) in [5, 5.41) is 0. The largest absolute Gasteiger partial charge is 0.339 e. The second-order valence-corrected chi connectivity index (χ2v) is 7.92. The van der Waals surface area contributed by atoms with Crippen molar-refractivity contribution in [3.63, 3.8) is 0 Å². The van der Waals surface area contributed by atoms with Crippen LogP contribution in [-0.4, -0.2) is 47.2 Å². The van der Waals surface area contributed by atoms with E-state index >= 15 is 0 Å². The van der Waals surface area contributed by atoms with Crippen LogP contribution in [0.5, 0.6) is 0 Å². The first-order valence-corrected chi connectivity index (χ1v) is 10.2. The molecule has 3 amide bonds. The summed E-state index contributed by atoms with van der Waals surface area (Å²) in [6.07, 6.45) is 8.61. The van der Waals surface area contributed by atoms with E-state index in [1.165, 1.54) is 30.5 Å². The first-order chi connectivity index (χ1) is 13.5. The number of benzene rings is 1. The van der Waals surface area contributed by atoms with Crippen molar-refractivity contribution >= 4 is 17.7 Å². The van der Waals surface area contributed by atoms with E-state index in [9.17, 15) is 18.8 Å². The van der Waals surface area contributed by atoms with Gasteiger partial charge in [-0.25, -0.2) is 4.39 Å². The molecule has 3 aliphatic rings. The first-order valence-electron chi connectivity index (χ1n) is 10.2. The van der Waals surface area contributed by atoms with Gasteiger partial charge >= 0.3 is 0 Å². The number of hydrogen-bond acceptors (Lipinski definition) is 3. The lowest BCUT2D eigenvalue weighted by molar-refractivity contribution is -0.131. The lowest BCUT2D eigenvalue weighted by Crippen LogP contribution is -2.40. The van der Waals surface area contributed by atoms with Crippen LogP contribution in [0.1, 0.15) is 65.7 Å². The molecular formula is C22H25FN2O3. The standard InChI is InChI=1S/C22H25FN2O3/c23-17-8-9-18-19(13-17)22(28)25(21(18)27)11-4-3-7-20(26)24-12-10-15-5-1-2-6-16(15)14-24/h6,8-9,13,15H,1-5,7,10-12,14H2. The van der Waals surface area contributed by atoms with Crippen LogP contribution in [0.25, 0.3) is 0 Å². The predicted molar refractivity (Wildman–Crippen MR) is 102 cm³/mol. The van der Waals surface area contributed by atoms with E-state index in [2.05, 4.69) is 6.08 Å². The number of carbonyl (C=O) groups is 3. The van der Waals surface area contributed by atoms with Crippen molar-refractivity contribution < 1.29 is 18.8 Å². The van der Waals surface area contributed by atoms with Crippen LogP contribution in [0.3, 0.4) is 0 Å². The van der Waals surface area contributed by atoms with Gasteiger partial charge in [0, 0.05) is 26.1 Å². The summed E-state index contributed by atoms with van der Waals surface area (Å²) in [6, 6.07) is 3.66. The van der Waals surface area contributed by atoms with E-state index in [0.717, 1.165) is 36.9 Å². The third-order valence-electron chi connectivity index (χ3n) is 6.12. The maximum atomic E-state index is 13.3. The molecule has 28 heavy (non-hydrogen) atoms. The van der Waals surface area contributed by atoms with Gasteiger partial charge in [-0.1, -0.05) is 11.6 Å². The summed E-state index contributed by atoms with van der Waals surface area (Å²) in [5.74, 6) is -0.537. The molecule has 1 aromatic carbocycles. The minimum absolute atomic E-state index is 0.129. The van der Waals surface area contributed by atoms with Crippen LogP contribution in [0.15, 0.2) is 29.8 Å². The fourth-order valence-electron chi connectivity index (χ4n) is 4.52. The van der Waals surface area contributed by atoms with Gasteiger partial charge in [0.1, 0.15) is 5.82 Å². The maximum Gasteiger partial charge on any atom is 0.261 e. The van der Waals surface area contributed by atoms with Crippen molar-refractivity contribution in [1.29, 1.82) is 0 Å². The molecule has 5 nitrogen and oxygen atoms in total. The highest BCUT2D eigenvalue weighted by atomic mass is 19.1. The van der Waals surface area contributed by atoms with Crippen molar-refractivity contribution in [2.24, 2.45) is 5.92 Å². The SMILES string of the molecule is O=C(CCCCN1C(=O)c2ccc(F)cc2C1=O)N1CCC2CCCC=C2C1. The van der Waals surface area contributed by atoms with Gasteiger partial charge < -0.3 is 4.90 Å². The number of halogens is 1. The Morgan fingerprint density at radius 3 is 2.79 bits per heavy atom. The Balaban J connectivity index is 1.25. The van der Waals surface area contributed by atoms with E-state index in [0.29, 0.717) is 25.2 Å². The number of rotatable bonds is 5. The molecule has 1 aromatic rings. The number of amides is 3. The van der Waals surface area contributed by atoms with Crippen molar-refractivity contribution in [1.82, 2.24) is 9.80 Å². The Labute approximate surface area is 164 Å². The minimum atomic E-state index is -0.524. The number of piperidine rings is 1. The van der Waals surface area contributed by atoms with Gasteiger partial charge in [0.2, 0.25) is 5.91 Å². The molecule has 2 aliphatic heterocycles. The quantitative estimate of drug-likeness (QED) is 0.443. The number of likely N-dealkylation sites (tertiary alicyclic amines) is 1. The molecule has 1 atom stereocenters. The number of fused-ring (bicyclic) bond motifs is 2. The monoisotopic (exact) mass is 384 g/mol. The summed E-state index contributed by atoms with van der Waals surface area (Å²) in [5.41, 5.74) is 1.81. The van der Waals surface area contributed by atoms with Gasteiger partial charge in [0.25, 0.3) is 11.8 Å². The third kappa shape index (κ3) is 3.60. The van der Waals surface area contributed by atoms with Gasteiger partial charge in [-0.2, -0.15) is 0 Å². The van der Waals surface area contributed by atoms with Crippen molar-refractivity contribution in [3.8, 4) is 0 Å². The molecule has 148 valence electrons. The van der Waals surface area contributed by atoms with Crippen LogP contribution in [0.2, 0.25) is 0 Å². The van der Waals surface area contributed by atoms with Crippen molar-refractivity contribution in [2.45, 2.75) is 44.9 Å². The highest BCUT2D eigenvalue weighted by Crippen LogP contribution is 2.32. The molecular weight excluding hydrogens is 359 g/mol. The lowest BCUT2D eigenvalue weighted by Gasteiger charge is -2.36. The lowest BCUT2D eigenvalue weighted by atomic mass is 9.82. The van der Waals surface area contributed by atoms with E-state index < -0.39 is 11.7 Å². The second-order valence-electron chi connectivity index (χ2n) is 7.92. The van der Waals surface area contributed by atoms with Gasteiger partial charge in [-0.3, -0.25) is 19.3 Å². The van der Waals surface area contributed by atoms with Crippen LogP contribution >= 0.6 is 0 Å². The minimum Gasteiger partial charge on any atom is -0.339 e. The van der Waals surface area contributed by atoms with Gasteiger partial charge in [0.05, 0.1) is 11.1 Å². The first kappa shape index (κ1) is 18.8. The zero-order chi connectivity index (χ0) is 19.7. The summed E-state index contributed by atoms with van der Waals surface area (Å²) in [7, 11) is 0. The molecule has 6 heteroatoms. The third-order valence-corrected chi connectivity index (χ3v) is 6.12. The number of allylic oxidation sites excluding steroid dienone is 1. The number of unbranched alkanes of at least 4 members (excludes halogenated alkanes) is 1. The highest BCUT2D eigenvalue weighted by Gasteiger charge is 2.35. The van der Waals surface area contributed by atoms with E-state index in [1.54, 1.807) is 0 Å². The summed E-state index contributed by atoms with van der Waals surface area (Å²) in [4.78, 5) is 40.3. The number of hydrogen-bond donors (Lipinski definition) is 0. The van der Waals surface area contributed by atoms with E-state index in [4.69, 9.17) is 0 Å². The summed E-state index contributed by atoms with van der Waals surface area (Å²) >= 11 is 0. The van der Waals surface area contributed by atoms with Crippen LogP contribution in [0.4, 0.5) is 4.39 Å². The molecule has 1 saturated heterocycles. The van der Waals surface area contributed by atoms with Crippen molar-refractivity contribution in [2.75, 3.05) is 19.6 Å². The molecule has 1 aliphatic carbocycles. The zero-order valence-electron chi connectivity index (χ0n) is 16.0. The van der Waals surface area contributed by atoms with Gasteiger partial charge in [-0.15, -0.1) is 0 Å². The van der Waals surface area contributed by atoms with Gasteiger partial charge in [-0.05, 0) is 62.6 Å². The van der Waals surface area contributed by atoms with E-state index in [1.807, 2.05) is 4.90 Å². The fourth-order valence-corrected chi connectivity index (χ4v) is 4.52. The molecule has 1 fully saturated rings. The van der Waals surface area contributed by atoms with Crippen LogP contribution in [0, 0.1) is 11.7 Å². The average molecular weight is 384 g/mol. The number of nitrogens with zero attached hydrogens (tertiary/aromatic N) is 2. The second kappa shape index (κ2) is 7.86. The molecule has 2 heterocycles. The maximum absolute atomic E-state index is 13.3. The smallest absolute Gasteiger partial charge is 0.261 e. The normalized spacial score (nSPS) is 21.5. The highest BCUT2D eigenvalue weighted by molar-refractivity contribution is 6.21.